The number of hydrogen-bond donors (Lipinski definition) is 2. The van der Waals surface area contributed by atoms with E-state index >= 15 is 0 Å². The summed E-state index contributed by atoms with van der Waals surface area (Å²) in [5.41, 5.74) is 3.74. The summed E-state index contributed by atoms with van der Waals surface area (Å²) in [5, 5.41) is 18.7. The van der Waals surface area contributed by atoms with E-state index in [9.17, 15) is 14.9 Å². The minimum atomic E-state index is -0.387. The Labute approximate surface area is 200 Å². The van der Waals surface area contributed by atoms with Gasteiger partial charge >= 0.3 is 5.97 Å². The molecule has 0 bridgehead atoms. The van der Waals surface area contributed by atoms with Crippen molar-refractivity contribution in [1.29, 1.82) is 0 Å². The lowest BCUT2D eigenvalue weighted by atomic mass is 9.95. The number of anilines is 2. The van der Waals surface area contributed by atoms with E-state index in [1.54, 1.807) is 48.6 Å². The number of ether oxygens (including phenoxy) is 1. The number of thiocarbonyl (C=S) groups is 1. The van der Waals surface area contributed by atoms with Crippen LogP contribution in [0.25, 0.3) is 11.1 Å². The Morgan fingerprint density at radius 1 is 1.12 bits per heavy atom. The molecule has 0 radical (unpaired) electrons. The highest BCUT2D eigenvalue weighted by Crippen LogP contribution is 2.38. The van der Waals surface area contributed by atoms with Crippen LogP contribution in [0.1, 0.15) is 40.6 Å². The molecule has 3 aromatic rings. The van der Waals surface area contributed by atoms with Gasteiger partial charge in [0.15, 0.2) is 5.11 Å². The molecular formula is C24H23N3O4S2. The molecule has 0 saturated heterocycles. The molecule has 1 aliphatic carbocycles. The first kappa shape index (κ1) is 22.9. The van der Waals surface area contributed by atoms with E-state index in [0.717, 1.165) is 42.5 Å². The van der Waals surface area contributed by atoms with Gasteiger partial charge in [-0.05, 0) is 74.2 Å². The summed E-state index contributed by atoms with van der Waals surface area (Å²) in [7, 11) is 0. The largest absolute Gasteiger partial charge is 0.462 e. The number of benzene rings is 2. The van der Waals surface area contributed by atoms with Crippen LogP contribution in [-0.4, -0.2) is 22.6 Å². The van der Waals surface area contributed by atoms with Crippen molar-refractivity contribution in [3.63, 3.8) is 0 Å². The molecule has 0 aliphatic heterocycles. The van der Waals surface area contributed by atoms with Crippen LogP contribution in [0.2, 0.25) is 0 Å². The summed E-state index contributed by atoms with van der Waals surface area (Å²) in [5.74, 6) is -0.323. The highest BCUT2D eigenvalue weighted by Gasteiger charge is 2.26. The zero-order valence-electron chi connectivity index (χ0n) is 18.1. The molecular weight excluding hydrogens is 458 g/mol. The first-order valence-electron chi connectivity index (χ1n) is 10.7. The fourth-order valence-corrected chi connectivity index (χ4v) is 5.52. The van der Waals surface area contributed by atoms with Crippen LogP contribution in [0.15, 0.2) is 48.5 Å². The predicted molar refractivity (Wildman–Crippen MR) is 135 cm³/mol. The molecule has 0 atom stereocenters. The highest BCUT2D eigenvalue weighted by atomic mass is 32.1. The molecule has 1 heterocycles. The molecule has 0 fully saturated rings. The average Bonchev–Trinajstić information content (AvgIpc) is 3.17. The van der Waals surface area contributed by atoms with E-state index in [1.165, 1.54) is 10.9 Å². The average molecular weight is 482 g/mol. The molecule has 170 valence electrons. The van der Waals surface area contributed by atoms with Crippen molar-refractivity contribution in [2.45, 2.75) is 32.6 Å². The Balaban J connectivity index is 1.51. The Kier molecular flexibility index (Phi) is 7.00. The number of nitro groups is 1. The summed E-state index contributed by atoms with van der Waals surface area (Å²) in [6.07, 6.45) is 4.00. The molecule has 33 heavy (non-hydrogen) atoms. The van der Waals surface area contributed by atoms with Crippen LogP contribution in [-0.2, 0) is 17.6 Å². The first-order valence-corrected chi connectivity index (χ1v) is 11.9. The lowest BCUT2D eigenvalue weighted by Crippen LogP contribution is -2.20. The standard InChI is InChI=1S/C24H23N3O4S2/c1-2-31-23(28)21-18-8-4-6-10-20(18)33-22(21)26-24(32)25-16-13-11-15(12-14-16)17-7-3-5-9-19(17)27(29)30/h3,5,7,9,11-14H,2,4,6,8,10H2,1H3,(H2,25,26,32). The topological polar surface area (TPSA) is 93.5 Å². The molecule has 2 aromatic carbocycles. The van der Waals surface area contributed by atoms with Crippen LogP contribution in [0.4, 0.5) is 16.4 Å². The second-order valence-electron chi connectivity index (χ2n) is 7.57. The van der Waals surface area contributed by atoms with Gasteiger partial charge in [-0.3, -0.25) is 10.1 Å². The number of nitrogens with zero attached hydrogens (tertiary/aromatic N) is 1. The maximum Gasteiger partial charge on any atom is 0.341 e. The third-order valence-corrected chi connectivity index (χ3v) is 6.84. The number of carbonyl (C=O) groups excluding carboxylic acids is 1. The smallest absolute Gasteiger partial charge is 0.341 e. The van der Waals surface area contributed by atoms with Crippen molar-refractivity contribution >= 4 is 51.0 Å². The predicted octanol–water partition coefficient (Wildman–Crippen LogP) is 6.19. The minimum absolute atomic E-state index is 0.0588. The first-order chi connectivity index (χ1) is 16.0. The fraction of sp³-hybridized carbons (Fsp3) is 0.250. The van der Waals surface area contributed by atoms with Gasteiger partial charge in [-0.15, -0.1) is 11.3 Å². The Bertz CT molecular complexity index is 1200. The van der Waals surface area contributed by atoms with E-state index in [4.69, 9.17) is 17.0 Å². The van der Waals surface area contributed by atoms with Crippen molar-refractivity contribution in [3.05, 3.63) is 74.6 Å². The van der Waals surface area contributed by atoms with Gasteiger partial charge in [0.05, 0.1) is 22.7 Å². The Morgan fingerprint density at radius 3 is 2.58 bits per heavy atom. The summed E-state index contributed by atoms with van der Waals surface area (Å²) in [4.78, 5) is 24.8. The molecule has 1 aromatic heterocycles. The normalized spacial score (nSPS) is 12.5. The highest BCUT2D eigenvalue weighted by molar-refractivity contribution is 7.80. The van der Waals surface area contributed by atoms with Crippen molar-refractivity contribution in [3.8, 4) is 11.1 Å². The van der Waals surface area contributed by atoms with Gasteiger partial charge in [-0.2, -0.15) is 0 Å². The van der Waals surface area contributed by atoms with Gasteiger partial charge in [0, 0.05) is 16.6 Å². The molecule has 4 rings (SSSR count). The van der Waals surface area contributed by atoms with Gasteiger partial charge in [0.2, 0.25) is 0 Å². The Hall–Kier alpha value is -3.30. The molecule has 2 N–H and O–H groups in total. The Morgan fingerprint density at radius 2 is 1.85 bits per heavy atom. The fourth-order valence-electron chi connectivity index (χ4n) is 3.95. The van der Waals surface area contributed by atoms with Crippen molar-refractivity contribution in [2.24, 2.45) is 0 Å². The molecule has 9 heteroatoms. The number of esters is 1. The minimum Gasteiger partial charge on any atom is -0.462 e. The number of thiophene rings is 1. The quantitative estimate of drug-likeness (QED) is 0.188. The lowest BCUT2D eigenvalue weighted by molar-refractivity contribution is -0.384. The van der Waals surface area contributed by atoms with Crippen molar-refractivity contribution < 1.29 is 14.5 Å². The molecule has 0 amide bonds. The van der Waals surface area contributed by atoms with E-state index in [-0.39, 0.29) is 16.6 Å². The number of hydrogen-bond acceptors (Lipinski definition) is 6. The number of rotatable bonds is 6. The molecule has 1 aliphatic rings. The summed E-state index contributed by atoms with van der Waals surface area (Å²) < 4.78 is 5.29. The van der Waals surface area contributed by atoms with Crippen LogP contribution < -0.4 is 10.6 Å². The van der Waals surface area contributed by atoms with Crippen molar-refractivity contribution in [2.75, 3.05) is 17.2 Å². The van der Waals surface area contributed by atoms with Crippen LogP contribution >= 0.6 is 23.6 Å². The maximum absolute atomic E-state index is 12.6. The molecule has 7 nitrogen and oxygen atoms in total. The lowest BCUT2D eigenvalue weighted by Gasteiger charge is -2.13. The molecule has 0 unspecified atom stereocenters. The number of nitrogens with one attached hydrogen (secondary N) is 2. The molecule has 0 saturated carbocycles. The van der Waals surface area contributed by atoms with Crippen LogP contribution in [0.3, 0.4) is 0 Å². The van der Waals surface area contributed by atoms with Gasteiger partial charge in [0.25, 0.3) is 5.69 Å². The monoisotopic (exact) mass is 481 g/mol. The van der Waals surface area contributed by atoms with Crippen molar-refractivity contribution in [1.82, 2.24) is 0 Å². The van der Waals surface area contributed by atoms with E-state index < -0.39 is 0 Å². The van der Waals surface area contributed by atoms with Gasteiger partial charge < -0.3 is 15.4 Å². The van der Waals surface area contributed by atoms with E-state index in [2.05, 4.69) is 10.6 Å². The van der Waals surface area contributed by atoms with E-state index in [0.29, 0.717) is 27.8 Å². The van der Waals surface area contributed by atoms with Crippen LogP contribution in [0, 0.1) is 10.1 Å². The van der Waals surface area contributed by atoms with E-state index in [1.807, 2.05) is 12.1 Å². The zero-order valence-corrected chi connectivity index (χ0v) is 19.7. The number of aryl methyl sites for hydroxylation is 1. The zero-order chi connectivity index (χ0) is 23.4. The molecule has 0 spiro atoms. The third kappa shape index (κ3) is 5.04. The number of carbonyl (C=O) groups is 1. The van der Waals surface area contributed by atoms with Gasteiger partial charge in [0.1, 0.15) is 5.00 Å². The van der Waals surface area contributed by atoms with Crippen LogP contribution in [0.5, 0.6) is 0 Å². The number of nitro benzene ring substituents is 1. The SMILES string of the molecule is CCOC(=O)c1c(NC(=S)Nc2ccc(-c3ccccc3[N+](=O)[O-])cc2)sc2c1CCCC2. The third-order valence-electron chi connectivity index (χ3n) is 5.43. The number of para-hydroxylation sites is 1. The second-order valence-corrected chi connectivity index (χ2v) is 9.08. The summed E-state index contributed by atoms with van der Waals surface area (Å²) >= 11 is 7.05. The summed E-state index contributed by atoms with van der Waals surface area (Å²) in [6, 6.07) is 13.9. The summed E-state index contributed by atoms with van der Waals surface area (Å²) in [6.45, 7) is 2.11. The van der Waals surface area contributed by atoms with Gasteiger partial charge in [-0.1, -0.05) is 24.3 Å². The second kappa shape index (κ2) is 10.1. The maximum atomic E-state index is 12.6. The van der Waals surface area contributed by atoms with Gasteiger partial charge in [-0.25, -0.2) is 4.79 Å². The number of fused-ring (bicyclic) bond motifs is 1.